The van der Waals surface area contributed by atoms with Crippen molar-refractivity contribution in [1.29, 1.82) is 0 Å². The Balaban J connectivity index is 1.81. The Morgan fingerprint density at radius 3 is 3.06 bits per heavy atom. The molecule has 1 aromatic rings. The lowest BCUT2D eigenvalue weighted by Crippen LogP contribution is -2.17. The van der Waals surface area contributed by atoms with Gasteiger partial charge in [-0.2, -0.15) is 0 Å². The lowest BCUT2D eigenvalue weighted by atomic mass is 10.2. The van der Waals surface area contributed by atoms with Crippen molar-refractivity contribution >= 4 is 0 Å². The van der Waals surface area contributed by atoms with Crippen LogP contribution in [0.3, 0.4) is 0 Å². The molecule has 1 aliphatic carbocycles. The maximum atomic E-state index is 5.49. The molecule has 0 bridgehead atoms. The molecule has 2 rings (SSSR count). The lowest BCUT2D eigenvalue weighted by molar-refractivity contribution is 0.286. The van der Waals surface area contributed by atoms with E-state index in [0.29, 0.717) is 18.7 Å². The Bertz CT molecular complexity index is 402. The van der Waals surface area contributed by atoms with Crippen LogP contribution in [-0.4, -0.2) is 22.6 Å². The fraction of sp³-hybridized carbons (Fsp3) is 0.571. The van der Waals surface area contributed by atoms with Crippen LogP contribution in [0, 0.1) is 6.92 Å². The Kier molecular flexibility index (Phi) is 4.70. The smallest absolute Gasteiger partial charge is 0.316 e. The van der Waals surface area contributed by atoms with Gasteiger partial charge in [-0.3, -0.25) is 0 Å². The van der Waals surface area contributed by atoms with Gasteiger partial charge in [0.15, 0.2) is 0 Å². The van der Waals surface area contributed by atoms with Crippen molar-refractivity contribution in [3.8, 4) is 6.01 Å². The van der Waals surface area contributed by atoms with E-state index in [0.717, 1.165) is 30.6 Å². The second kappa shape index (κ2) is 6.50. The molecule has 0 unspecified atom stereocenters. The first-order valence-corrected chi connectivity index (χ1v) is 6.59. The standard InChI is InChI=1S/C14H21N3O/c1-3-4-5-8-18-14-16-10-12(11(2)17-14)9-15-13-6-7-13/h3,10,13,15H,1,4-9H2,2H3. The second-order valence-electron chi connectivity index (χ2n) is 4.70. The van der Waals surface area contributed by atoms with Gasteiger partial charge in [0.25, 0.3) is 0 Å². The molecule has 0 aromatic carbocycles. The van der Waals surface area contributed by atoms with Gasteiger partial charge in [0.1, 0.15) is 0 Å². The number of hydrogen-bond donors (Lipinski definition) is 1. The summed E-state index contributed by atoms with van der Waals surface area (Å²) in [5, 5.41) is 3.46. The molecule has 0 radical (unpaired) electrons. The molecule has 0 spiro atoms. The van der Waals surface area contributed by atoms with Crippen molar-refractivity contribution in [3.63, 3.8) is 0 Å². The zero-order chi connectivity index (χ0) is 12.8. The van der Waals surface area contributed by atoms with Crippen molar-refractivity contribution in [2.24, 2.45) is 0 Å². The summed E-state index contributed by atoms with van der Waals surface area (Å²) in [6.45, 7) is 7.18. The van der Waals surface area contributed by atoms with Gasteiger partial charge in [0.05, 0.1) is 6.61 Å². The van der Waals surface area contributed by atoms with Gasteiger partial charge in [-0.25, -0.2) is 9.97 Å². The van der Waals surface area contributed by atoms with E-state index in [9.17, 15) is 0 Å². The number of nitrogens with one attached hydrogen (secondary N) is 1. The fourth-order valence-electron chi connectivity index (χ4n) is 1.65. The van der Waals surface area contributed by atoms with E-state index < -0.39 is 0 Å². The van der Waals surface area contributed by atoms with Gasteiger partial charge < -0.3 is 10.1 Å². The molecular weight excluding hydrogens is 226 g/mol. The Labute approximate surface area is 108 Å². The fourth-order valence-corrected chi connectivity index (χ4v) is 1.65. The summed E-state index contributed by atoms with van der Waals surface area (Å²) in [5.74, 6) is 0. The maximum absolute atomic E-state index is 5.49. The topological polar surface area (TPSA) is 47.0 Å². The van der Waals surface area contributed by atoms with Crippen molar-refractivity contribution in [2.75, 3.05) is 6.61 Å². The van der Waals surface area contributed by atoms with Crippen LogP contribution < -0.4 is 10.1 Å². The number of nitrogens with zero attached hydrogens (tertiary/aromatic N) is 2. The Morgan fingerprint density at radius 2 is 2.39 bits per heavy atom. The summed E-state index contributed by atoms with van der Waals surface area (Å²) in [6, 6.07) is 1.19. The molecule has 1 heterocycles. The van der Waals surface area contributed by atoms with Gasteiger partial charge in [-0.05, 0) is 32.6 Å². The first kappa shape index (κ1) is 13.0. The first-order chi connectivity index (χ1) is 8.79. The first-order valence-electron chi connectivity index (χ1n) is 6.59. The van der Waals surface area contributed by atoms with Crippen molar-refractivity contribution in [3.05, 3.63) is 30.1 Å². The average Bonchev–Trinajstić information content (AvgIpc) is 3.18. The van der Waals surface area contributed by atoms with E-state index in [1.165, 1.54) is 12.8 Å². The summed E-state index contributed by atoms with van der Waals surface area (Å²) < 4.78 is 5.49. The SMILES string of the molecule is C=CCCCOc1ncc(CNC2CC2)c(C)n1. The summed E-state index contributed by atoms with van der Waals surface area (Å²) in [6.07, 6.45) is 8.26. The van der Waals surface area contributed by atoms with Gasteiger partial charge in [0.2, 0.25) is 0 Å². The molecule has 4 heteroatoms. The monoisotopic (exact) mass is 247 g/mol. The van der Waals surface area contributed by atoms with E-state index in [1.807, 2.05) is 19.2 Å². The van der Waals surface area contributed by atoms with E-state index in [-0.39, 0.29) is 0 Å². The Morgan fingerprint density at radius 1 is 1.56 bits per heavy atom. The van der Waals surface area contributed by atoms with Crippen molar-refractivity contribution in [1.82, 2.24) is 15.3 Å². The van der Waals surface area contributed by atoms with Crippen LogP contribution in [0.15, 0.2) is 18.9 Å². The van der Waals surface area contributed by atoms with Crippen molar-refractivity contribution in [2.45, 2.75) is 45.2 Å². The van der Waals surface area contributed by atoms with Gasteiger partial charge in [-0.15, -0.1) is 6.58 Å². The molecular formula is C14H21N3O. The van der Waals surface area contributed by atoms with Crippen LogP contribution in [0.5, 0.6) is 6.01 Å². The molecule has 4 nitrogen and oxygen atoms in total. The average molecular weight is 247 g/mol. The number of rotatable bonds is 8. The highest BCUT2D eigenvalue weighted by molar-refractivity contribution is 5.17. The maximum Gasteiger partial charge on any atom is 0.316 e. The molecule has 1 aromatic heterocycles. The molecule has 1 saturated carbocycles. The highest BCUT2D eigenvalue weighted by Gasteiger charge is 2.20. The number of allylic oxidation sites excluding steroid dienone is 1. The van der Waals surface area contributed by atoms with Gasteiger partial charge in [-0.1, -0.05) is 6.08 Å². The van der Waals surface area contributed by atoms with Crippen LogP contribution in [0.2, 0.25) is 0 Å². The molecule has 1 fully saturated rings. The third-order valence-electron chi connectivity index (χ3n) is 3.00. The van der Waals surface area contributed by atoms with E-state index in [4.69, 9.17) is 4.74 Å². The van der Waals surface area contributed by atoms with Crippen LogP contribution >= 0.6 is 0 Å². The number of aromatic nitrogens is 2. The zero-order valence-corrected chi connectivity index (χ0v) is 11.0. The van der Waals surface area contributed by atoms with Crippen LogP contribution in [0.25, 0.3) is 0 Å². The molecule has 18 heavy (non-hydrogen) atoms. The summed E-state index contributed by atoms with van der Waals surface area (Å²) in [7, 11) is 0. The number of ether oxygens (including phenoxy) is 1. The van der Waals surface area contributed by atoms with Crippen LogP contribution in [0.1, 0.15) is 36.9 Å². The predicted octanol–water partition coefficient (Wildman–Crippen LogP) is 2.38. The quantitative estimate of drug-likeness (QED) is 0.566. The molecule has 1 N–H and O–H groups in total. The van der Waals surface area contributed by atoms with E-state index in [2.05, 4.69) is 21.9 Å². The minimum absolute atomic E-state index is 0.478. The lowest BCUT2D eigenvalue weighted by Gasteiger charge is -2.08. The molecule has 0 atom stereocenters. The predicted molar refractivity (Wildman–Crippen MR) is 71.6 cm³/mol. The zero-order valence-electron chi connectivity index (χ0n) is 11.0. The van der Waals surface area contributed by atoms with Crippen LogP contribution in [-0.2, 0) is 6.54 Å². The van der Waals surface area contributed by atoms with E-state index >= 15 is 0 Å². The van der Waals surface area contributed by atoms with E-state index in [1.54, 1.807) is 0 Å². The third kappa shape index (κ3) is 4.11. The number of hydrogen-bond acceptors (Lipinski definition) is 4. The van der Waals surface area contributed by atoms with Crippen LogP contribution in [0.4, 0.5) is 0 Å². The molecule has 1 aliphatic rings. The second-order valence-corrected chi connectivity index (χ2v) is 4.70. The summed E-state index contributed by atoms with van der Waals surface area (Å²) >= 11 is 0. The highest BCUT2D eigenvalue weighted by Crippen LogP contribution is 2.19. The Hall–Kier alpha value is -1.42. The highest BCUT2D eigenvalue weighted by atomic mass is 16.5. The number of unbranched alkanes of at least 4 members (excludes halogenated alkanes) is 1. The van der Waals surface area contributed by atoms with Crippen molar-refractivity contribution < 1.29 is 4.74 Å². The number of aryl methyl sites for hydroxylation is 1. The van der Waals surface area contributed by atoms with Gasteiger partial charge >= 0.3 is 6.01 Å². The largest absolute Gasteiger partial charge is 0.463 e. The van der Waals surface area contributed by atoms with Gasteiger partial charge in [0, 0.05) is 30.0 Å². The molecule has 0 amide bonds. The summed E-state index contributed by atoms with van der Waals surface area (Å²) in [5.41, 5.74) is 2.15. The molecule has 0 saturated heterocycles. The minimum atomic E-state index is 0.478. The normalized spacial score (nSPS) is 14.5. The molecule has 0 aliphatic heterocycles. The molecule has 98 valence electrons. The minimum Gasteiger partial charge on any atom is -0.463 e. The summed E-state index contributed by atoms with van der Waals surface area (Å²) in [4.78, 5) is 8.61. The third-order valence-corrected chi connectivity index (χ3v) is 3.00.